The number of imidazole rings is 1. The molecule has 4 nitrogen and oxygen atoms in total. The molecule has 0 radical (unpaired) electrons. The molecule has 2 aromatic rings. The number of hydrogen-bond acceptors (Lipinski definition) is 3. The van der Waals surface area contributed by atoms with E-state index < -0.39 is 0 Å². The monoisotopic (exact) mass is 273 g/mol. The van der Waals surface area contributed by atoms with Crippen LogP contribution < -0.4 is 5.32 Å². The normalized spacial score (nSPS) is 18.9. The summed E-state index contributed by atoms with van der Waals surface area (Å²) in [5.41, 5.74) is 1.26. The summed E-state index contributed by atoms with van der Waals surface area (Å²) >= 11 is 1.64. The van der Waals surface area contributed by atoms with Crippen LogP contribution in [0, 0.1) is 0 Å². The first-order chi connectivity index (χ1) is 9.24. The molecule has 2 N–H and O–H groups in total. The van der Waals surface area contributed by atoms with Crippen molar-refractivity contribution in [2.75, 3.05) is 0 Å². The SMILES string of the molecule is CC(NC(=O)C1Cc2ccccc2S1)c1ncc[nH]1. The van der Waals surface area contributed by atoms with Gasteiger partial charge >= 0.3 is 0 Å². The fourth-order valence-corrected chi connectivity index (χ4v) is 3.42. The third-order valence-corrected chi connectivity index (χ3v) is 4.55. The van der Waals surface area contributed by atoms with E-state index in [1.807, 2.05) is 19.1 Å². The minimum absolute atomic E-state index is 0.0326. The average molecular weight is 273 g/mol. The molecule has 98 valence electrons. The molecular formula is C14H15N3OS. The Bertz CT molecular complexity index is 557. The molecule has 1 aliphatic heterocycles. The molecule has 5 heteroatoms. The number of benzene rings is 1. The third kappa shape index (κ3) is 2.51. The summed E-state index contributed by atoms with van der Waals surface area (Å²) in [6.07, 6.45) is 4.26. The van der Waals surface area contributed by atoms with Crippen molar-refractivity contribution >= 4 is 17.7 Å². The zero-order valence-electron chi connectivity index (χ0n) is 10.6. The highest BCUT2D eigenvalue weighted by atomic mass is 32.2. The number of nitrogens with zero attached hydrogens (tertiary/aromatic N) is 1. The molecule has 1 aliphatic rings. The summed E-state index contributed by atoms with van der Waals surface area (Å²) < 4.78 is 0. The number of aromatic nitrogens is 2. The number of carbonyl (C=O) groups is 1. The number of thioether (sulfide) groups is 1. The third-order valence-electron chi connectivity index (χ3n) is 3.23. The highest BCUT2D eigenvalue weighted by Crippen LogP contribution is 2.36. The van der Waals surface area contributed by atoms with Gasteiger partial charge in [0.05, 0.1) is 11.3 Å². The number of amides is 1. The Morgan fingerprint density at radius 3 is 3.11 bits per heavy atom. The van der Waals surface area contributed by atoms with E-state index in [9.17, 15) is 4.79 Å². The first-order valence-corrected chi connectivity index (χ1v) is 7.16. The van der Waals surface area contributed by atoms with Gasteiger partial charge in [-0.2, -0.15) is 0 Å². The fourth-order valence-electron chi connectivity index (χ4n) is 2.22. The van der Waals surface area contributed by atoms with Gasteiger partial charge in [0.2, 0.25) is 5.91 Å². The predicted octanol–water partition coefficient (Wildman–Crippen LogP) is 2.30. The van der Waals surface area contributed by atoms with Crippen molar-refractivity contribution in [3.63, 3.8) is 0 Å². The van der Waals surface area contributed by atoms with Gasteiger partial charge in [0.15, 0.2) is 0 Å². The summed E-state index contributed by atoms with van der Waals surface area (Å²) in [4.78, 5) is 20.6. The lowest BCUT2D eigenvalue weighted by molar-refractivity contribution is -0.121. The van der Waals surface area contributed by atoms with E-state index in [4.69, 9.17) is 0 Å². The molecule has 1 aromatic carbocycles. The summed E-state index contributed by atoms with van der Waals surface area (Å²) in [7, 11) is 0. The Balaban J connectivity index is 1.64. The quantitative estimate of drug-likeness (QED) is 0.902. The van der Waals surface area contributed by atoms with E-state index in [1.165, 1.54) is 10.5 Å². The molecule has 2 atom stereocenters. The maximum absolute atomic E-state index is 12.2. The molecule has 1 aromatic heterocycles. The van der Waals surface area contributed by atoms with Gasteiger partial charge in [0, 0.05) is 17.3 Å². The van der Waals surface area contributed by atoms with Crippen molar-refractivity contribution in [1.82, 2.24) is 15.3 Å². The standard InChI is InChI=1S/C14H15N3OS/c1-9(13-15-6-7-16-13)17-14(18)12-8-10-4-2-3-5-11(10)19-12/h2-7,9,12H,8H2,1H3,(H,15,16)(H,17,18). The number of H-pyrrole nitrogens is 1. The van der Waals surface area contributed by atoms with E-state index >= 15 is 0 Å². The minimum Gasteiger partial charge on any atom is -0.347 e. The Morgan fingerprint density at radius 1 is 1.53 bits per heavy atom. The maximum atomic E-state index is 12.2. The van der Waals surface area contributed by atoms with Gasteiger partial charge in [-0.3, -0.25) is 4.79 Å². The van der Waals surface area contributed by atoms with Crippen molar-refractivity contribution in [2.24, 2.45) is 0 Å². The Labute approximate surface area is 116 Å². The molecule has 0 bridgehead atoms. The molecule has 0 aliphatic carbocycles. The highest BCUT2D eigenvalue weighted by molar-refractivity contribution is 8.01. The number of hydrogen-bond donors (Lipinski definition) is 2. The summed E-state index contributed by atoms with van der Waals surface area (Å²) in [6.45, 7) is 1.93. The van der Waals surface area contributed by atoms with Crippen LogP contribution in [0.2, 0.25) is 0 Å². The van der Waals surface area contributed by atoms with Gasteiger partial charge in [0.1, 0.15) is 5.82 Å². The zero-order valence-corrected chi connectivity index (χ0v) is 11.4. The van der Waals surface area contributed by atoms with Gasteiger partial charge in [-0.05, 0) is 25.0 Å². The van der Waals surface area contributed by atoms with Crippen LogP contribution >= 0.6 is 11.8 Å². The molecule has 2 heterocycles. The van der Waals surface area contributed by atoms with Crippen LogP contribution in [-0.4, -0.2) is 21.1 Å². The number of fused-ring (bicyclic) bond motifs is 1. The van der Waals surface area contributed by atoms with Gasteiger partial charge < -0.3 is 10.3 Å². The van der Waals surface area contributed by atoms with Crippen molar-refractivity contribution in [3.8, 4) is 0 Å². The number of aromatic amines is 1. The summed E-state index contributed by atoms with van der Waals surface area (Å²) in [5.74, 6) is 0.860. The maximum Gasteiger partial charge on any atom is 0.234 e. The van der Waals surface area contributed by atoms with Crippen molar-refractivity contribution in [2.45, 2.75) is 29.5 Å². The van der Waals surface area contributed by atoms with E-state index in [0.29, 0.717) is 0 Å². The van der Waals surface area contributed by atoms with E-state index in [0.717, 1.165) is 12.2 Å². The Kier molecular flexibility index (Phi) is 3.29. The van der Waals surface area contributed by atoms with Gasteiger partial charge in [-0.1, -0.05) is 18.2 Å². The largest absolute Gasteiger partial charge is 0.347 e. The number of carbonyl (C=O) groups excluding carboxylic acids is 1. The first-order valence-electron chi connectivity index (χ1n) is 6.28. The lowest BCUT2D eigenvalue weighted by Gasteiger charge is -2.14. The van der Waals surface area contributed by atoms with Crippen molar-refractivity contribution < 1.29 is 4.79 Å². The number of nitrogens with one attached hydrogen (secondary N) is 2. The fraction of sp³-hybridized carbons (Fsp3) is 0.286. The molecule has 2 unspecified atom stereocenters. The predicted molar refractivity (Wildman–Crippen MR) is 74.9 cm³/mol. The van der Waals surface area contributed by atoms with E-state index in [-0.39, 0.29) is 17.2 Å². The van der Waals surface area contributed by atoms with Gasteiger partial charge in [-0.15, -0.1) is 11.8 Å². The van der Waals surface area contributed by atoms with Crippen LogP contribution in [0.5, 0.6) is 0 Å². The van der Waals surface area contributed by atoms with Crippen molar-refractivity contribution in [1.29, 1.82) is 0 Å². The lowest BCUT2D eigenvalue weighted by Crippen LogP contribution is -2.34. The first kappa shape index (κ1) is 12.3. The zero-order chi connectivity index (χ0) is 13.2. The van der Waals surface area contributed by atoms with Crippen LogP contribution in [-0.2, 0) is 11.2 Å². The topological polar surface area (TPSA) is 57.8 Å². The Hall–Kier alpha value is -1.75. The summed E-state index contributed by atoms with van der Waals surface area (Å²) in [5, 5.41) is 2.97. The molecular weight excluding hydrogens is 258 g/mol. The van der Waals surface area contributed by atoms with Crippen LogP contribution in [0.1, 0.15) is 24.4 Å². The average Bonchev–Trinajstić information content (AvgIpc) is 3.07. The highest BCUT2D eigenvalue weighted by Gasteiger charge is 2.28. The summed E-state index contributed by atoms with van der Waals surface area (Å²) in [6, 6.07) is 8.10. The molecule has 0 fully saturated rings. The minimum atomic E-state index is -0.0909. The van der Waals surface area contributed by atoms with Crippen LogP contribution in [0.3, 0.4) is 0 Å². The Morgan fingerprint density at radius 2 is 2.37 bits per heavy atom. The van der Waals surface area contributed by atoms with Gasteiger partial charge in [0.25, 0.3) is 0 Å². The molecule has 1 amide bonds. The van der Waals surface area contributed by atoms with Gasteiger partial charge in [-0.25, -0.2) is 4.98 Å². The second-order valence-corrected chi connectivity index (χ2v) is 5.87. The molecule has 3 rings (SSSR count). The lowest BCUT2D eigenvalue weighted by atomic mass is 10.1. The second-order valence-electron chi connectivity index (χ2n) is 4.62. The van der Waals surface area contributed by atoms with Crippen LogP contribution in [0.4, 0.5) is 0 Å². The van der Waals surface area contributed by atoms with Crippen LogP contribution in [0.25, 0.3) is 0 Å². The molecule has 0 spiro atoms. The molecule has 0 saturated carbocycles. The van der Waals surface area contributed by atoms with E-state index in [1.54, 1.807) is 24.2 Å². The smallest absolute Gasteiger partial charge is 0.234 e. The second kappa shape index (κ2) is 5.09. The number of rotatable bonds is 3. The molecule has 19 heavy (non-hydrogen) atoms. The van der Waals surface area contributed by atoms with E-state index in [2.05, 4.69) is 27.4 Å². The van der Waals surface area contributed by atoms with Crippen LogP contribution in [0.15, 0.2) is 41.6 Å². The van der Waals surface area contributed by atoms with Crippen molar-refractivity contribution in [3.05, 3.63) is 48.0 Å². The molecule has 0 saturated heterocycles.